The highest BCUT2D eigenvalue weighted by Crippen LogP contribution is 2.26. The van der Waals surface area contributed by atoms with Crippen molar-refractivity contribution in [3.05, 3.63) is 29.3 Å². The molecule has 1 rings (SSSR count). The van der Waals surface area contributed by atoms with Gasteiger partial charge in [0, 0.05) is 12.1 Å². The Morgan fingerprint density at radius 3 is 1.93 bits per heavy atom. The van der Waals surface area contributed by atoms with Crippen LogP contribution in [0.15, 0.2) is 12.1 Å². The van der Waals surface area contributed by atoms with Gasteiger partial charge in [-0.25, -0.2) is 8.78 Å². The molecule has 0 saturated carbocycles. The number of rotatable bonds is 1. The summed E-state index contributed by atoms with van der Waals surface area (Å²) in [5.41, 5.74) is -0.954. The van der Waals surface area contributed by atoms with Crippen molar-refractivity contribution < 1.29 is 26.7 Å². The fourth-order valence-corrected chi connectivity index (χ4v) is 0.849. The number of benzene rings is 1. The van der Waals surface area contributed by atoms with Crippen LogP contribution in [-0.4, -0.2) is 6.36 Å². The van der Waals surface area contributed by atoms with Crippen LogP contribution in [-0.2, 0) is 0 Å². The van der Waals surface area contributed by atoms with E-state index in [0.717, 1.165) is 0 Å². The molecule has 2 nitrogen and oxygen atoms in total. The maximum absolute atomic E-state index is 12.8. The molecule has 0 atom stereocenters. The quantitative estimate of drug-likeness (QED) is 0.685. The first-order chi connectivity index (χ1) is 6.83. The van der Waals surface area contributed by atoms with Crippen LogP contribution in [0.2, 0.25) is 0 Å². The highest BCUT2D eigenvalue weighted by molar-refractivity contribution is 5.37. The standard InChI is InChI=1S/C8H2F5NO/c9-6-1-4(15-8(11,12)13)2-7(10)5(6)3-14/h1-2H. The van der Waals surface area contributed by atoms with E-state index in [0.29, 0.717) is 0 Å². The topological polar surface area (TPSA) is 33.0 Å². The van der Waals surface area contributed by atoms with Gasteiger partial charge < -0.3 is 4.74 Å². The lowest BCUT2D eigenvalue weighted by Gasteiger charge is -2.09. The zero-order valence-electron chi connectivity index (χ0n) is 6.90. The first-order valence-corrected chi connectivity index (χ1v) is 3.48. The van der Waals surface area contributed by atoms with Crippen LogP contribution in [0.5, 0.6) is 5.75 Å². The van der Waals surface area contributed by atoms with Gasteiger partial charge in [0.05, 0.1) is 0 Å². The van der Waals surface area contributed by atoms with Crippen LogP contribution in [0.3, 0.4) is 0 Å². The lowest BCUT2D eigenvalue weighted by Crippen LogP contribution is -2.17. The van der Waals surface area contributed by atoms with Crippen molar-refractivity contribution in [2.24, 2.45) is 0 Å². The second-order valence-corrected chi connectivity index (χ2v) is 2.42. The summed E-state index contributed by atoms with van der Waals surface area (Å²) in [5, 5.41) is 8.23. The maximum atomic E-state index is 12.8. The minimum Gasteiger partial charge on any atom is -0.406 e. The Kier molecular flexibility index (Phi) is 2.79. The van der Waals surface area contributed by atoms with Crippen LogP contribution >= 0.6 is 0 Å². The third kappa shape index (κ3) is 2.80. The van der Waals surface area contributed by atoms with E-state index in [-0.39, 0.29) is 12.1 Å². The van der Waals surface area contributed by atoms with Crippen molar-refractivity contribution >= 4 is 0 Å². The van der Waals surface area contributed by atoms with E-state index in [4.69, 9.17) is 5.26 Å². The van der Waals surface area contributed by atoms with Crippen molar-refractivity contribution in [2.75, 3.05) is 0 Å². The summed E-state index contributed by atoms with van der Waals surface area (Å²) in [6.07, 6.45) is -5.03. The summed E-state index contributed by atoms with van der Waals surface area (Å²) in [6.45, 7) is 0. The SMILES string of the molecule is N#Cc1c(F)cc(OC(F)(F)F)cc1F. The Morgan fingerprint density at radius 2 is 1.60 bits per heavy atom. The summed E-state index contributed by atoms with van der Waals surface area (Å²) < 4.78 is 63.8. The van der Waals surface area contributed by atoms with E-state index < -0.39 is 29.3 Å². The number of nitrogens with zero attached hydrogens (tertiary/aromatic N) is 1. The predicted octanol–water partition coefficient (Wildman–Crippen LogP) is 2.74. The minimum atomic E-state index is -5.03. The summed E-state index contributed by atoms with van der Waals surface area (Å²) in [5.74, 6) is -3.86. The zero-order valence-corrected chi connectivity index (χ0v) is 6.90. The predicted molar refractivity (Wildman–Crippen MR) is 37.8 cm³/mol. The highest BCUT2D eigenvalue weighted by atomic mass is 19.4. The molecular weight excluding hydrogens is 221 g/mol. The molecule has 7 heteroatoms. The van der Waals surface area contributed by atoms with Crippen molar-refractivity contribution in [3.8, 4) is 11.8 Å². The molecule has 0 bridgehead atoms. The maximum Gasteiger partial charge on any atom is 0.573 e. The lowest BCUT2D eigenvalue weighted by atomic mass is 10.2. The third-order valence-electron chi connectivity index (χ3n) is 1.36. The van der Waals surface area contributed by atoms with Gasteiger partial charge in [-0.1, -0.05) is 0 Å². The van der Waals surface area contributed by atoms with E-state index in [1.165, 1.54) is 6.07 Å². The summed E-state index contributed by atoms with van der Waals surface area (Å²) in [4.78, 5) is 0. The molecule has 1 aromatic rings. The third-order valence-corrected chi connectivity index (χ3v) is 1.36. The van der Waals surface area contributed by atoms with E-state index in [1.54, 1.807) is 0 Å². The van der Waals surface area contributed by atoms with Gasteiger partial charge in [0.1, 0.15) is 29.0 Å². The van der Waals surface area contributed by atoms with Crippen LogP contribution < -0.4 is 4.74 Å². The summed E-state index contributed by atoms with van der Waals surface area (Å²) in [7, 11) is 0. The normalized spacial score (nSPS) is 10.9. The van der Waals surface area contributed by atoms with Crippen molar-refractivity contribution in [2.45, 2.75) is 6.36 Å². The van der Waals surface area contributed by atoms with E-state index in [2.05, 4.69) is 4.74 Å². The van der Waals surface area contributed by atoms with Crippen LogP contribution in [0.4, 0.5) is 22.0 Å². The van der Waals surface area contributed by atoms with Crippen molar-refractivity contribution in [1.29, 1.82) is 5.26 Å². The van der Waals surface area contributed by atoms with Gasteiger partial charge >= 0.3 is 6.36 Å². The second kappa shape index (κ2) is 3.73. The molecule has 1 aromatic carbocycles. The zero-order chi connectivity index (χ0) is 11.6. The Hall–Kier alpha value is -1.84. The van der Waals surface area contributed by atoms with Crippen LogP contribution in [0.25, 0.3) is 0 Å². The molecule has 80 valence electrons. The molecule has 0 amide bonds. The molecule has 0 aromatic heterocycles. The fourth-order valence-electron chi connectivity index (χ4n) is 0.849. The molecule has 0 heterocycles. The smallest absolute Gasteiger partial charge is 0.406 e. The van der Waals surface area contributed by atoms with Gasteiger partial charge in [-0.2, -0.15) is 5.26 Å². The van der Waals surface area contributed by atoms with Crippen LogP contribution in [0, 0.1) is 23.0 Å². The number of ether oxygens (including phenoxy) is 1. The van der Waals surface area contributed by atoms with Gasteiger partial charge in [0.15, 0.2) is 0 Å². The largest absolute Gasteiger partial charge is 0.573 e. The molecule has 0 saturated heterocycles. The molecule has 0 spiro atoms. The molecule has 0 N–H and O–H groups in total. The first kappa shape index (κ1) is 11.2. The summed E-state index contributed by atoms with van der Waals surface area (Å²) in [6, 6.07) is 1.74. The second-order valence-electron chi connectivity index (χ2n) is 2.42. The monoisotopic (exact) mass is 223 g/mol. The number of nitriles is 1. The summed E-state index contributed by atoms with van der Waals surface area (Å²) >= 11 is 0. The molecule has 0 aliphatic rings. The molecule has 0 radical (unpaired) electrons. The number of alkyl halides is 3. The van der Waals surface area contributed by atoms with Gasteiger partial charge in [-0.05, 0) is 0 Å². The van der Waals surface area contributed by atoms with Crippen molar-refractivity contribution in [1.82, 2.24) is 0 Å². The lowest BCUT2D eigenvalue weighted by molar-refractivity contribution is -0.274. The van der Waals surface area contributed by atoms with Crippen molar-refractivity contribution in [3.63, 3.8) is 0 Å². The van der Waals surface area contributed by atoms with Gasteiger partial charge in [0.25, 0.3) is 0 Å². The molecule has 0 aliphatic carbocycles. The average Bonchev–Trinajstić information content (AvgIpc) is 1.99. The van der Waals surface area contributed by atoms with Crippen LogP contribution in [0.1, 0.15) is 5.56 Å². The molecule has 0 aliphatic heterocycles. The number of hydrogen-bond donors (Lipinski definition) is 0. The number of halogens is 5. The average molecular weight is 223 g/mol. The van der Waals surface area contributed by atoms with E-state index >= 15 is 0 Å². The van der Waals surface area contributed by atoms with E-state index in [1.807, 2.05) is 0 Å². The van der Waals surface area contributed by atoms with Gasteiger partial charge in [-0.15, -0.1) is 13.2 Å². The highest BCUT2D eigenvalue weighted by Gasteiger charge is 2.31. The Bertz CT molecular complexity index is 397. The van der Waals surface area contributed by atoms with E-state index in [9.17, 15) is 22.0 Å². The Balaban J connectivity index is 3.11. The first-order valence-electron chi connectivity index (χ1n) is 3.48. The van der Waals surface area contributed by atoms with Gasteiger partial charge in [-0.3, -0.25) is 0 Å². The fraction of sp³-hybridized carbons (Fsp3) is 0.125. The minimum absolute atomic E-state index is 0.287. The molecule has 15 heavy (non-hydrogen) atoms. The molecule has 0 fully saturated rings. The Morgan fingerprint density at radius 1 is 1.13 bits per heavy atom. The molecule has 0 unspecified atom stereocenters. The number of hydrogen-bond acceptors (Lipinski definition) is 2. The Labute approximate surface area is 80.5 Å². The van der Waals surface area contributed by atoms with Gasteiger partial charge in [0.2, 0.25) is 0 Å². The molecular formula is C8H2F5NO.